The number of hydrogen-bond donors (Lipinski definition) is 0. The lowest BCUT2D eigenvalue weighted by Gasteiger charge is -2.28. The third-order valence-corrected chi connectivity index (χ3v) is 7.98. The van der Waals surface area contributed by atoms with E-state index in [0.717, 1.165) is 55.6 Å². The summed E-state index contributed by atoms with van der Waals surface area (Å²) in [5.41, 5.74) is 3.64. The molecule has 0 bridgehead atoms. The van der Waals surface area contributed by atoms with Crippen LogP contribution in [0.25, 0.3) is 22.3 Å². The molecule has 192 valence electrons. The minimum absolute atomic E-state index is 0.222. The summed E-state index contributed by atoms with van der Waals surface area (Å²) in [6, 6.07) is 16.1. The van der Waals surface area contributed by atoms with E-state index in [0.29, 0.717) is 29.0 Å². The fourth-order valence-corrected chi connectivity index (χ4v) is 5.79. The quantitative estimate of drug-likeness (QED) is 0.247. The molecule has 4 rings (SSSR count). The van der Waals surface area contributed by atoms with Crippen molar-refractivity contribution in [2.24, 2.45) is 5.92 Å². The molecule has 0 aliphatic heterocycles. The fourth-order valence-electron chi connectivity index (χ4n) is 5.79. The molecule has 1 saturated carbocycles. The summed E-state index contributed by atoms with van der Waals surface area (Å²) < 4.78 is 44.7. The Bertz CT molecular complexity index is 1120. The van der Waals surface area contributed by atoms with Gasteiger partial charge in [-0.1, -0.05) is 94.5 Å². The van der Waals surface area contributed by atoms with E-state index in [-0.39, 0.29) is 11.4 Å². The Hall–Kier alpha value is -2.55. The number of benzene rings is 3. The molecule has 0 spiro atoms. The SMILES string of the molecule is CCCCCCc1ccc(-c2ccc(-c3ccc(C4CCC(CCC)CC4)cc3F)cc2)c(F)c1F. The minimum Gasteiger partial charge on any atom is -0.206 e. The molecule has 0 atom stereocenters. The largest absolute Gasteiger partial charge is 0.206 e. The molecular formula is C33H39F3. The second-order valence-corrected chi connectivity index (χ2v) is 10.5. The highest BCUT2D eigenvalue weighted by atomic mass is 19.2. The van der Waals surface area contributed by atoms with Gasteiger partial charge in [0, 0.05) is 11.1 Å². The summed E-state index contributed by atoms with van der Waals surface area (Å²) in [6.07, 6.45) is 12.0. The van der Waals surface area contributed by atoms with Gasteiger partial charge in [-0.15, -0.1) is 0 Å². The Morgan fingerprint density at radius 2 is 1.33 bits per heavy atom. The third kappa shape index (κ3) is 6.22. The summed E-state index contributed by atoms with van der Waals surface area (Å²) >= 11 is 0. The van der Waals surface area contributed by atoms with Gasteiger partial charge in [-0.05, 0) is 78.7 Å². The van der Waals surface area contributed by atoms with Gasteiger partial charge < -0.3 is 0 Å². The van der Waals surface area contributed by atoms with Crippen LogP contribution in [0.3, 0.4) is 0 Å². The molecule has 0 saturated heterocycles. The molecule has 1 fully saturated rings. The molecule has 3 aromatic rings. The van der Waals surface area contributed by atoms with E-state index in [4.69, 9.17) is 0 Å². The number of aryl methyl sites for hydroxylation is 1. The molecule has 0 N–H and O–H groups in total. The Morgan fingerprint density at radius 1 is 0.667 bits per heavy atom. The summed E-state index contributed by atoms with van der Waals surface area (Å²) in [6.45, 7) is 4.37. The van der Waals surface area contributed by atoms with Crippen molar-refractivity contribution in [3.8, 4) is 22.3 Å². The van der Waals surface area contributed by atoms with Crippen LogP contribution in [0.2, 0.25) is 0 Å². The number of hydrogen-bond acceptors (Lipinski definition) is 0. The lowest BCUT2D eigenvalue weighted by atomic mass is 9.77. The molecule has 0 unspecified atom stereocenters. The Morgan fingerprint density at radius 3 is 1.97 bits per heavy atom. The van der Waals surface area contributed by atoms with Crippen LogP contribution in [0.5, 0.6) is 0 Å². The highest BCUT2D eigenvalue weighted by Gasteiger charge is 2.23. The zero-order chi connectivity index (χ0) is 25.5. The molecule has 0 heterocycles. The van der Waals surface area contributed by atoms with Crippen LogP contribution in [0, 0.1) is 23.4 Å². The van der Waals surface area contributed by atoms with E-state index in [2.05, 4.69) is 19.9 Å². The molecule has 3 aromatic carbocycles. The lowest BCUT2D eigenvalue weighted by molar-refractivity contribution is 0.308. The van der Waals surface area contributed by atoms with E-state index in [1.807, 2.05) is 6.07 Å². The average Bonchev–Trinajstić information content (AvgIpc) is 2.90. The minimum atomic E-state index is -0.806. The van der Waals surface area contributed by atoms with E-state index in [1.165, 1.54) is 25.7 Å². The van der Waals surface area contributed by atoms with Crippen LogP contribution in [0.1, 0.15) is 95.1 Å². The maximum Gasteiger partial charge on any atom is 0.166 e. The van der Waals surface area contributed by atoms with Crippen LogP contribution >= 0.6 is 0 Å². The molecule has 1 aliphatic carbocycles. The lowest BCUT2D eigenvalue weighted by Crippen LogP contribution is -2.13. The van der Waals surface area contributed by atoms with Crippen molar-refractivity contribution < 1.29 is 13.2 Å². The van der Waals surface area contributed by atoms with Gasteiger partial charge in [-0.2, -0.15) is 0 Å². The van der Waals surface area contributed by atoms with Crippen molar-refractivity contribution in [1.29, 1.82) is 0 Å². The van der Waals surface area contributed by atoms with Crippen LogP contribution in [-0.2, 0) is 6.42 Å². The fraction of sp³-hybridized carbons (Fsp3) is 0.455. The first kappa shape index (κ1) is 26.5. The summed E-state index contributed by atoms with van der Waals surface area (Å²) in [4.78, 5) is 0. The molecule has 1 aliphatic rings. The Kier molecular flexibility index (Phi) is 9.29. The molecule has 0 radical (unpaired) electrons. The van der Waals surface area contributed by atoms with Crippen molar-refractivity contribution in [2.75, 3.05) is 0 Å². The summed E-state index contributed by atoms with van der Waals surface area (Å²) in [5, 5.41) is 0. The zero-order valence-electron chi connectivity index (χ0n) is 21.8. The van der Waals surface area contributed by atoms with E-state index in [1.54, 1.807) is 42.5 Å². The first-order valence-corrected chi connectivity index (χ1v) is 13.9. The maximum atomic E-state index is 15.1. The van der Waals surface area contributed by atoms with Gasteiger partial charge in [-0.25, -0.2) is 13.2 Å². The van der Waals surface area contributed by atoms with Crippen molar-refractivity contribution in [1.82, 2.24) is 0 Å². The summed E-state index contributed by atoms with van der Waals surface area (Å²) in [5.74, 6) is -0.510. The number of halogens is 3. The molecule has 36 heavy (non-hydrogen) atoms. The zero-order valence-corrected chi connectivity index (χ0v) is 21.8. The van der Waals surface area contributed by atoms with E-state index in [9.17, 15) is 8.78 Å². The predicted molar refractivity (Wildman–Crippen MR) is 145 cm³/mol. The van der Waals surface area contributed by atoms with Gasteiger partial charge in [0.1, 0.15) is 5.82 Å². The smallest absolute Gasteiger partial charge is 0.166 e. The van der Waals surface area contributed by atoms with E-state index >= 15 is 4.39 Å². The van der Waals surface area contributed by atoms with Gasteiger partial charge in [0.15, 0.2) is 11.6 Å². The first-order chi connectivity index (χ1) is 17.5. The number of unbranched alkanes of at least 4 members (excludes halogenated alkanes) is 3. The molecule has 0 amide bonds. The van der Waals surface area contributed by atoms with Crippen molar-refractivity contribution in [2.45, 2.75) is 90.4 Å². The molecular weight excluding hydrogens is 453 g/mol. The van der Waals surface area contributed by atoms with Gasteiger partial charge in [0.05, 0.1) is 0 Å². The maximum absolute atomic E-state index is 15.1. The topological polar surface area (TPSA) is 0 Å². The van der Waals surface area contributed by atoms with Crippen LogP contribution < -0.4 is 0 Å². The van der Waals surface area contributed by atoms with Gasteiger partial charge in [0.2, 0.25) is 0 Å². The number of rotatable bonds is 10. The van der Waals surface area contributed by atoms with Crippen LogP contribution in [0.15, 0.2) is 54.6 Å². The Balaban J connectivity index is 1.45. The molecule has 0 nitrogen and oxygen atoms in total. The average molecular weight is 493 g/mol. The third-order valence-electron chi connectivity index (χ3n) is 7.98. The van der Waals surface area contributed by atoms with Crippen LogP contribution in [-0.4, -0.2) is 0 Å². The second-order valence-electron chi connectivity index (χ2n) is 10.5. The van der Waals surface area contributed by atoms with Crippen molar-refractivity contribution in [3.63, 3.8) is 0 Å². The molecule has 0 aromatic heterocycles. The second kappa shape index (κ2) is 12.6. The molecule has 3 heteroatoms. The van der Waals surface area contributed by atoms with Crippen molar-refractivity contribution >= 4 is 0 Å². The Labute approximate surface area is 215 Å². The highest BCUT2D eigenvalue weighted by molar-refractivity contribution is 5.71. The first-order valence-electron chi connectivity index (χ1n) is 13.9. The highest BCUT2D eigenvalue weighted by Crippen LogP contribution is 2.39. The van der Waals surface area contributed by atoms with Crippen LogP contribution in [0.4, 0.5) is 13.2 Å². The van der Waals surface area contributed by atoms with Gasteiger partial charge in [0.25, 0.3) is 0 Å². The normalized spacial score (nSPS) is 17.9. The van der Waals surface area contributed by atoms with Crippen molar-refractivity contribution in [3.05, 3.63) is 83.2 Å². The van der Waals surface area contributed by atoms with Gasteiger partial charge >= 0.3 is 0 Å². The van der Waals surface area contributed by atoms with E-state index < -0.39 is 11.6 Å². The predicted octanol–water partition coefficient (Wildman–Crippen LogP) is 10.6. The standard InChI is InChI=1S/C33H39F3/c1-3-5-6-7-9-27-18-21-30(33(36)32(27)35)26-16-14-25(15-17-26)29-20-19-28(22-31(29)34)24-12-10-23(8-4-2)11-13-24/h14-24H,3-13H2,1-2H3. The van der Waals surface area contributed by atoms with Gasteiger partial charge in [-0.3, -0.25) is 0 Å². The summed E-state index contributed by atoms with van der Waals surface area (Å²) in [7, 11) is 0. The monoisotopic (exact) mass is 492 g/mol.